The normalized spacial score (nSPS) is 28.9. The van der Waals surface area contributed by atoms with Gasteiger partial charge in [-0.05, 0) is 44.6 Å². The van der Waals surface area contributed by atoms with Crippen molar-refractivity contribution in [1.82, 2.24) is 15.0 Å². The summed E-state index contributed by atoms with van der Waals surface area (Å²) in [5.74, 6) is 1.74. The summed E-state index contributed by atoms with van der Waals surface area (Å²) in [5, 5.41) is 3.99. The molecule has 3 heterocycles. The lowest BCUT2D eigenvalue weighted by Crippen LogP contribution is -2.55. The van der Waals surface area contributed by atoms with E-state index in [4.69, 9.17) is 4.52 Å². The molecule has 1 aromatic rings. The van der Waals surface area contributed by atoms with Crippen molar-refractivity contribution in [3.05, 3.63) is 17.5 Å². The number of piperidine rings is 2. The fourth-order valence-electron chi connectivity index (χ4n) is 4.31. The van der Waals surface area contributed by atoms with Crippen LogP contribution in [0, 0.1) is 5.92 Å². The van der Waals surface area contributed by atoms with E-state index in [2.05, 4.69) is 23.9 Å². The minimum Gasteiger partial charge on any atom is -0.360 e. The molecule has 0 unspecified atom stereocenters. The van der Waals surface area contributed by atoms with Crippen LogP contribution in [0.3, 0.4) is 0 Å². The van der Waals surface area contributed by atoms with Gasteiger partial charge in [-0.1, -0.05) is 19.0 Å². The summed E-state index contributed by atoms with van der Waals surface area (Å²) in [6.45, 7) is 7.11. The van der Waals surface area contributed by atoms with Crippen molar-refractivity contribution >= 4 is 5.91 Å². The van der Waals surface area contributed by atoms with Crippen molar-refractivity contribution in [3.8, 4) is 0 Å². The van der Waals surface area contributed by atoms with Crippen LogP contribution < -0.4 is 0 Å². The second-order valence-electron chi connectivity index (χ2n) is 7.75. The van der Waals surface area contributed by atoms with Gasteiger partial charge in [-0.15, -0.1) is 0 Å². The SMILES string of the molecule is CC(C)c1cc(C(=O)N2CC[C@@H]3[C@H](CCCN3C3CC3)C2)no1. The lowest BCUT2D eigenvalue weighted by Gasteiger charge is -2.47. The topological polar surface area (TPSA) is 49.6 Å². The number of amides is 1. The second kappa shape index (κ2) is 5.93. The molecule has 2 atom stereocenters. The first-order chi connectivity index (χ1) is 11.1. The van der Waals surface area contributed by atoms with Gasteiger partial charge < -0.3 is 9.42 Å². The van der Waals surface area contributed by atoms with Gasteiger partial charge in [0, 0.05) is 37.2 Å². The molecule has 5 heteroatoms. The molecule has 5 nitrogen and oxygen atoms in total. The molecule has 3 aliphatic rings. The number of hydrogen-bond acceptors (Lipinski definition) is 4. The predicted octanol–water partition coefficient (Wildman–Crippen LogP) is 2.89. The molecule has 0 spiro atoms. The third-order valence-corrected chi connectivity index (χ3v) is 5.73. The number of hydrogen-bond donors (Lipinski definition) is 0. The van der Waals surface area contributed by atoms with E-state index >= 15 is 0 Å². The molecule has 23 heavy (non-hydrogen) atoms. The zero-order valence-electron chi connectivity index (χ0n) is 14.2. The van der Waals surface area contributed by atoms with Crippen LogP contribution in [-0.4, -0.2) is 52.6 Å². The molecule has 0 radical (unpaired) electrons. The smallest absolute Gasteiger partial charge is 0.276 e. The average Bonchev–Trinajstić information content (AvgIpc) is 3.28. The van der Waals surface area contributed by atoms with Gasteiger partial charge in [-0.3, -0.25) is 9.69 Å². The summed E-state index contributed by atoms with van der Waals surface area (Å²) < 4.78 is 5.30. The molecular weight excluding hydrogens is 290 g/mol. The van der Waals surface area contributed by atoms with Crippen LogP contribution in [0.5, 0.6) is 0 Å². The van der Waals surface area contributed by atoms with Crippen LogP contribution in [0.15, 0.2) is 10.6 Å². The standard InChI is InChI=1S/C18H27N3O2/c1-12(2)17-10-15(19-23-17)18(22)20-9-7-16-13(11-20)4-3-8-21(16)14-5-6-14/h10,12-14,16H,3-9,11H2,1-2H3/t13-,16-/m1/s1. The second-order valence-corrected chi connectivity index (χ2v) is 7.75. The van der Waals surface area contributed by atoms with E-state index < -0.39 is 0 Å². The lowest BCUT2D eigenvalue weighted by atomic mass is 9.83. The first-order valence-corrected chi connectivity index (χ1v) is 9.15. The minimum absolute atomic E-state index is 0.0441. The summed E-state index contributed by atoms with van der Waals surface area (Å²) in [7, 11) is 0. The van der Waals surface area contributed by atoms with Gasteiger partial charge in [-0.25, -0.2) is 0 Å². The van der Waals surface area contributed by atoms with E-state index in [1.165, 1.54) is 32.2 Å². The maximum atomic E-state index is 12.7. The maximum absolute atomic E-state index is 12.7. The zero-order chi connectivity index (χ0) is 16.0. The fourth-order valence-corrected chi connectivity index (χ4v) is 4.31. The summed E-state index contributed by atoms with van der Waals surface area (Å²) in [4.78, 5) is 17.5. The Bertz CT molecular complexity index is 579. The van der Waals surface area contributed by atoms with Gasteiger partial charge in [0.2, 0.25) is 0 Å². The van der Waals surface area contributed by atoms with Crippen molar-refractivity contribution in [3.63, 3.8) is 0 Å². The molecule has 2 aliphatic heterocycles. The molecule has 0 aromatic carbocycles. The molecule has 1 aliphatic carbocycles. The summed E-state index contributed by atoms with van der Waals surface area (Å²) >= 11 is 0. The predicted molar refractivity (Wildman–Crippen MR) is 87.4 cm³/mol. The highest BCUT2D eigenvalue weighted by Crippen LogP contribution is 2.38. The third kappa shape index (κ3) is 2.91. The number of carbonyl (C=O) groups is 1. The van der Waals surface area contributed by atoms with Crippen LogP contribution in [0.4, 0.5) is 0 Å². The van der Waals surface area contributed by atoms with Gasteiger partial charge in [0.25, 0.3) is 5.91 Å². The van der Waals surface area contributed by atoms with E-state index in [9.17, 15) is 4.79 Å². The van der Waals surface area contributed by atoms with Crippen LogP contribution in [0.2, 0.25) is 0 Å². The zero-order valence-corrected chi connectivity index (χ0v) is 14.2. The van der Waals surface area contributed by atoms with Gasteiger partial charge in [-0.2, -0.15) is 0 Å². The van der Waals surface area contributed by atoms with E-state index in [-0.39, 0.29) is 11.8 Å². The molecular formula is C18H27N3O2. The Hall–Kier alpha value is -1.36. The Balaban J connectivity index is 1.43. The summed E-state index contributed by atoms with van der Waals surface area (Å²) in [5.41, 5.74) is 0.474. The van der Waals surface area contributed by atoms with E-state index in [1.54, 1.807) is 0 Å². The molecule has 1 aromatic heterocycles. The first-order valence-electron chi connectivity index (χ1n) is 9.15. The molecule has 1 saturated carbocycles. The molecule has 0 bridgehead atoms. The van der Waals surface area contributed by atoms with Crippen molar-refractivity contribution in [1.29, 1.82) is 0 Å². The number of likely N-dealkylation sites (tertiary alicyclic amines) is 2. The number of fused-ring (bicyclic) bond motifs is 1. The number of aromatic nitrogens is 1. The maximum Gasteiger partial charge on any atom is 0.276 e. The Morgan fingerprint density at radius 3 is 2.78 bits per heavy atom. The first kappa shape index (κ1) is 15.2. The highest BCUT2D eigenvalue weighted by atomic mass is 16.5. The molecule has 2 saturated heterocycles. The van der Waals surface area contributed by atoms with E-state index in [0.29, 0.717) is 17.7 Å². The van der Waals surface area contributed by atoms with Crippen LogP contribution in [0.1, 0.15) is 68.1 Å². The third-order valence-electron chi connectivity index (χ3n) is 5.73. The minimum atomic E-state index is 0.0441. The Labute approximate surface area is 138 Å². The van der Waals surface area contributed by atoms with Gasteiger partial charge in [0.1, 0.15) is 5.76 Å². The van der Waals surface area contributed by atoms with Crippen molar-refractivity contribution in [2.45, 2.75) is 64.0 Å². The van der Waals surface area contributed by atoms with Crippen molar-refractivity contribution in [2.75, 3.05) is 19.6 Å². The summed E-state index contributed by atoms with van der Waals surface area (Å²) in [6, 6.07) is 3.36. The molecule has 3 fully saturated rings. The van der Waals surface area contributed by atoms with E-state index in [0.717, 1.165) is 31.3 Å². The van der Waals surface area contributed by atoms with Crippen LogP contribution in [0.25, 0.3) is 0 Å². The molecule has 0 N–H and O–H groups in total. The highest BCUT2D eigenvalue weighted by molar-refractivity contribution is 5.92. The largest absolute Gasteiger partial charge is 0.360 e. The molecule has 126 valence electrons. The summed E-state index contributed by atoms with van der Waals surface area (Å²) in [6.07, 6.45) is 6.41. The quantitative estimate of drug-likeness (QED) is 0.860. The van der Waals surface area contributed by atoms with Crippen molar-refractivity contribution in [2.24, 2.45) is 5.92 Å². The number of rotatable bonds is 3. The average molecular weight is 317 g/mol. The monoisotopic (exact) mass is 317 g/mol. The number of nitrogens with zero attached hydrogens (tertiary/aromatic N) is 3. The Morgan fingerprint density at radius 2 is 2.09 bits per heavy atom. The molecule has 1 amide bonds. The fraction of sp³-hybridized carbons (Fsp3) is 0.778. The van der Waals surface area contributed by atoms with Crippen LogP contribution in [-0.2, 0) is 0 Å². The Morgan fingerprint density at radius 1 is 1.26 bits per heavy atom. The molecule has 4 rings (SSSR count). The van der Waals surface area contributed by atoms with E-state index in [1.807, 2.05) is 11.0 Å². The van der Waals surface area contributed by atoms with Gasteiger partial charge in [0.05, 0.1) is 0 Å². The van der Waals surface area contributed by atoms with Gasteiger partial charge in [0.15, 0.2) is 5.69 Å². The highest BCUT2D eigenvalue weighted by Gasteiger charge is 2.42. The Kier molecular flexibility index (Phi) is 3.92. The number of carbonyl (C=O) groups excluding carboxylic acids is 1. The lowest BCUT2D eigenvalue weighted by molar-refractivity contribution is 0.0170. The van der Waals surface area contributed by atoms with Crippen molar-refractivity contribution < 1.29 is 9.32 Å². The van der Waals surface area contributed by atoms with Crippen LogP contribution >= 0.6 is 0 Å². The van der Waals surface area contributed by atoms with Gasteiger partial charge >= 0.3 is 0 Å².